The molecule has 0 amide bonds. The highest BCUT2D eigenvalue weighted by atomic mass is 35.5. The first-order valence-corrected chi connectivity index (χ1v) is 10.5. The molecule has 2 heterocycles. The summed E-state index contributed by atoms with van der Waals surface area (Å²) in [7, 11) is 0. The molecule has 1 aromatic heterocycles. The highest BCUT2D eigenvalue weighted by Gasteiger charge is 2.32. The lowest BCUT2D eigenvalue weighted by Gasteiger charge is -2.18. The molecule has 0 radical (unpaired) electrons. The van der Waals surface area contributed by atoms with Crippen LogP contribution in [0.5, 0.6) is 0 Å². The van der Waals surface area contributed by atoms with Gasteiger partial charge in [-0.15, -0.1) is 0 Å². The Morgan fingerprint density at radius 2 is 1.49 bits per heavy atom. The van der Waals surface area contributed by atoms with Crippen LogP contribution in [0.25, 0.3) is 0 Å². The van der Waals surface area contributed by atoms with Gasteiger partial charge >= 0.3 is 12.4 Å². The lowest BCUT2D eigenvalue weighted by molar-refractivity contribution is -0.138. The van der Waals surface area contributed by atoms with Gasteiger partial charge in [-0.1, -0.05) is 17.7 Å². The second-order valence-corrected chi connectivity index (χ2v) is 8.16. The van der Waals surface area contributed by atoms with Crippen molar-refractivity contribution in [2.24, 2.45) is 0 Å². The fraction of sp³-hybridized carbons (Fsp3) is 0.286. The number of aliphatic hydroxyl groups excluding tert-OH is 1. The zero-order valence-corrected chi connectivity index (χ0v) is 18.4. The van der Waals surface area contributed by atoms with Gasteiger partial charge in [-0.3, -0.25) is 0 Å². The molecule has 1 saturated heterocycles. The average molecular weight is 519 g/mol. The molecule has 1 aliphatic rings. The summed E-state index contributed by atoms with van der Waals surface area (Å²) < 4.78 is 78.7. The number of hydrogen-bond donors (Lipinski definition) is 3. The maximum atomic E-state index is 13.2. The number of nitrogens with one attached hydrogen (secondary N) is 2. The normalized spacial score (nSPS) is 16.5. The molecule has 2 aromatic carbocycles. The highest BCUT2D eigenvalue weighted by molar-refractivity contribution is 6.31. The second kappa shape index (κ2) is 9.38. The van der Waals surface area contributed by atoms with Gasteiger partial charge in [0.2, 0.25) is 17.8 Å². The maximum Gasteiger partial charge on any atom is 0.416 e. The van der Waals surface area contributed by atoms with Crippen molar-refractivity contribution in [1.29, 1.82) is 0 Å². The Morgan fingerprint density at radius 3 is 2.09 bits per heavy atom. The maximum absolute atomic E-state index is 13.2. The van der Waals surface area contributed by atoms with Gasteiger partial charge in [0.25, 0.3) is 0 Å². The van der Waals surface area contributed by atoms with E-state index in [9.17, 15) is 31.4 Å². The predicted molar refractivity (Wildman–Crippen MR) is 117 cm³/mol. The van der Waals surface area contributed by atoms with E-state index in [-0.39, 0.29) is 40.8 Å². The molecule has 0 saturated carbocycles. The molecule has 1 fully saturated rings. The Kier molecular flexibility index (Phi) is 6.64. The summed E-state index contributed by atoms with van der Waals surface area (Å²) in [6, 6.07) is 7.15. The van der Waals surface area contributed by atoms with E-state index in [1.54, 1.807) is 4.90 Å². The Bertz CT molecular complexity index is 1220. The first-order chi connectivity index (χ1) is 16.4. The van der Waals surface area contributed by atoms with Crippen molar-refractivity contribution >= 4 is 40.8 Å². The van der Waals surface area contributed by atoms with Crippen molar-refractivity contribution in [3.05, 3.63) is 58.6 Å². The molecule has 1 aliphatic heterocycles. The molecule has 7 nitrogen and oxygen atoms in total. The van der Waals surface area contributed by atoms with E-state index in [1.165, 1.54) is 18.2 Å². The SMILES string of the molecule is OC1CCN(c2nc(Nc3cccc(C(F)(F)F)c3)nc(Nc3cc(Cl)cc(C(F)(F)F)c3)n2)C1. The molecule has 186 valence electrons. The van der Waals surface area contributed by atoms with E-state index in [0.29, 0.717) is 13.0 Å². The van der Waals surface area contributed by atoms with E-state index in [2.05, 4.69) is 25.6 Å². The zero-order chi connectivity index (χ0) is 25.4. The number of halogens is 7. The van der Waals surface area contributed by atoms with Crippen molar-refractivity contribution in [3.8, 4) is 0 Å². The fourth-order valence-corrected chi connectivity index (χ4v) is 3.63. The summed E-state index contributed by atoms with van der Waals surface area (Å²) in [5, 5.41) is 15.0. The quantitative estimate of drug-likeness (QED) is 0.378. The Labute approximate surface area is 199 Å². The molecule has 0 aliphatic carbocycles. The second-order valence-electron chi connectivity index (χ2n) is 7.73. The summed E-state index contributed by atoms with van der Waals surface area (Å²) in [6.07, 6.45) is -9.41. The lowest BCUT2D eigenvalue weighted by atomic mass is 10.2. The number of β-amino-alcohol motifs (C(OH)–C–C–N with tert-alkyl or cyclic N) is 1. The highest BCUT2D eigenvalue weighted by Crippen LogP contribution is 2.34. The topological polar surface area (TPSA) is 86.2 Å². The molecule has 35 heavy (non-hydrogen) atoms. The number of benzene rings is 2. The van der Waals surface area contributed by atoms with E-state index < -0.39 is 29.6 Å². The Hall–Kier alpha value is -3.32. The van der Waals surface area contributed by atoms with Crippen LogP contribution in [0.2, 0.25) is 5.02 Å². The summed E-state index contributed by atoms with van der Waals surface area (Å²) in [4.78, 5) is 14.1. The van der Waals surface area contributed by atoms with Crippen molar-refractivity contribution in [3.63, 3.8) is 0 Å². The van der Waals surface area contributed by atoms with E-state index in [1.807, 2.05) is 0 Å². The fourth-order valence-electron chi connectivity index (χ4n) is 3.40. The molecule has 4 rings (SSSR count). The van der Waals surface area contributed by atoms with Crippen LogP contribution >= 0.6 is 11.6 Å². The van der Waals surface area contributed by atoms with Crippen molar-refractivity contribution < 1.29 is 31.4 Å². The van der Waals surface area contributed by atoms with E-state index >= 15 is 0 Å². The molecule has 1 unspecified atom stereocenters. The third-order valence-electron chi connectivity index (χ3n) is 5.00. The first kappa shape index (κ1) is 24.8. The number of hydrogen-bond acceptors (Lipinski definition) is 7. The number of aliphatic hydroxyl groups is 1. The molecule has 14 heteroatoms. The van der Waals surface area contributed by atoms with Crippen LogP contribution in [-0.2, 0) is 12.4 Å². The minimum Gasteiger partial charge on any atom is -0.391 e. The van der Waals surface area contributed by atoms with Crippen LogP contribution in [0.4, 0.5) is 55.6 Å². The van der Waals surface area contributed by atoms with Gasteiger partial charge in [0.15, 0.2) is 0 Å². The van der Waals surface area contributed by atoms with Gasteiger partial charge in [0, 0.05) is 29.5 Å². The van der Waals surface area contributed by atoms with Crippen LogP contribution in [0.3, 0.4) is 0 Å². The third kappa shape index (κ3) is 6.22. The lowest BCUT2D eigenvalue weighted by Crippen LogP contribution is -2.24. The molecule has 3 N–H and O–H groups in total. The molecular formula is C21H17ClF6N6O. The van der Waals surface area contributed by atoms with Gasteiger partial charge in [-0.25, -0.2) is 0 Å². The first-order valence-electron chi connectivity index (χ1n) is 10.1. The van der Waals surface area contributed by atoms with Gasteiger partial charge in [-0.05, 0) is 42.8 Å². The van der Waals surface area contributed by atoms with E-state index in [4.69, 9.17) is 11.6 Å². The molecule has 0 bridgehead atoms. The average Bonchev–Trinajstić information content (AvgIpc) is 3.18. The molecule has 3 aromatic rings. The van der Waals surface area contributed by atoms with E-state index in [0.717, 1.165) is 24.3 Å². The molecular weight excluding hydrogens is 502 g/mol. The smallest absolute Gasteiger partial charge is 0.391 e. The standard InChI is InChI=1S/C21H17ClF6N6O/c22-13-6-12(21(26,27)28)8-15(9-13)30-18-31-17(32-19(33-18)34-5-4-16(35)10-34)29-14-3-1-2-11(7-14)20(23,24)25/h1-3,6-9,16,35H,4-5,10H2,(H2,29,30,31,32,33). The molecule has 1 atom stereocenters. The van der Waals surface area contributed by atoms with Crippen molar-refractivity contribution in [1.82, 2.24) is 15.0 Å². The predicted octanol–water partition coefficient (Wildman–Crippen LogP) is 5.62. The number of alkyl halides is 6. The van der Waals surface area contributed by atoms with Crippen LogP contribution in [0, 0.1) is 0 Å². The summed E-state index contributed by atoms with van der Waals surface area (Å²) in [6.45, 7) is 0.588. The van der Waals surface area contributed by atoms with Crippen LogP contribution < -0.4 is 15.5 Å². The molecule has 0 spiro atoms. The van der Waals surface area contributed by atoms with Crippen LogP contribution in [-0.4, -0.2) is 39.3 Å². The van der Waals surface area contributed by atoms with Gasteiger partial charge in [0.1, 0.15) is 0 Å². The summed E-state index contributed by atoms with van der Waals surface area (Å²) >= 11 is 5.83. The Morgan fingerprint density at radius 1 is 0.857 bits per heavy atom. The summed E-state index contributed by atoms with van der Waals surface area (Å²) in [5.41, 5.74) is -1.91. The number of anilines is 5. The summed E-state index contributed by atoms with van der Waals surface area (Å²) in [5.74, 6) is -0.260. The minimum absolute atomic E-state index is 0.0338. The van der Waals surface area contributed by atoms with Gasteiger partial charge < -0.3 is 20.6 Å². The van der Waals surface area contributed by atoms with Gasteiger partial charge in [-0.2, -0.15) is 41.3 Å². The zero-order valence-electron chi connectivity index (χ0n) is 17.6. The number of nitrogens with zero attached hydrogens (tertiary/aromatic N) is 4. The van der Waals surface area contributed by atoms with Crippen LogP contribution in [0.15, 0.2) is 42.5 Å². The number of rotatable bonds is 5. The van der Waals surface area contributed by atoms with Crippen LogP contribution in [0.1, 0.15) is 17.5 Å². The number of aromatic nitrogens is 3. The van der Waals surface area contributed by atoms with Gasteiger partial charge in [0.05, 0.1) is 17.2 Å². The third-order valence-corrected chi connectivity index (χ3v) is 5.22. The Balaban J connectivity index is 1.69. The monoisotopic (exact) mass is 518 g/mol. The van der Waals surface area contributed by atoms with Crippen molar-refractivity contribution in [2.45, 2.75) is 24.9 Å². The minimum atomic E-state index is -4.65. The van der Waals surface area contributed by atoms with Crippen molar-refractivity contribution in [2.75, 3.05) is 28.6 Å². The largest absolute Gasteiger partial charge is 0.416 e.